The largest absolute Gasteiger partial charge is 0.135 e. The third-order valence-corrected chi connectivity index (χ3v) is 13.1. The zero-order valence-corrected chi connectivity index (χ0v) is 29.3. The van der Waals surface area contributed by atoms with Gasteiger partial charge < -0.3 is 0 Å². The van der Waals surface area contributed by atoms with Crippen molar-refractivity contribution >= 4 is 86.9 Å². The molecular weight excluding hydrogens is 633 g/mol. The van der Waals surface area contributed by atoms with Crippen LogP contribution in [-0.2, 0) is 6.42 Å². The van der Waals surface area contributed by atoms with Crippen molar-refractivity contribution < 1.29 is 0 Å². The van der Waals surface area contributed by atoms with E-state index in [1.807, 2.05) is 11.3 Å². The van der Waals surface area contributed by atoms with Crippen molar-refractivity contribution in [3.8, 4) is 11.1 Å². The molecule has 0 saturated heterocycles. The van der Waals surface area contributed by atoms with E-state index in [9.17, 15) is 0 Å². The van der Waals surface area contributed by atoms with Gasteiger partial charge in [0.25, 0.3) is 0 Å². The first kappa shape index (κ1) is 29.3. The lowest BCUT2D eigenvalue weighted by Crippen LogP contribution is -2.04. The fourth-order valence-electron chi connectivity index (χ4n) is 9.23. The maximum atomic E-state index is 2.53. The number of benzene rings is 8. The van der Waals surface area contributed by atoms with Crippen molar-refractivity contribution in [1.82, 2.24) is 0 Å². The Morgan fingerprint density at radius 3 is 2.00 bits per heavy atom. The molecular formula is C50H36S. The third-order valence-electron chi connectivity index (χ3n) is 11.8. The molecule has 1 aromatic heterocycles. The summed E-state index contributed by atoms with van der Waals surface area (Å²) in [5.41, 5.74) is 8.43. The van der Waals surface area contributed by atoms with E-state index >= 15 is 0 Å². The van der Waals surface area contributed by atoms with E-state index in [1.54, 1.807) is 5.56 Å². The lowest BCUT2D eigenvalue weighted by molar-refractivity contribution is 0.626. The van der Waals surface area contributed by atoms with Crippen LogP contribution in [0.2, 0.25) is 0 Å². The molecule has 0 amide bonds. The molecule has 11 rings (SSSR count). The van der Waals surface area contributed by atoms with E-state index in [4.69, 9.17) is 0 Å². The molecule has 51 heavy (non-hydrogen) atoms. The molecule has 1 heterocycles. The fourth-order valence-corrected chi connectivity index (χ4v) is 10.6. The average molecular weight is 669 g/mol. The molecule has 0 fully saturated rings. The minimum absolute atomic E-state index is 0.541. The summed E-state index contributed by atoms with van der Waals surface area (Å²) in [6.07, 6.45) is 12.9. The van der Waals surface area contributed by atoms with E-state index in [0.29, 0.717) is 5.92 Å². The minimum atomic E-state index is 0.541. The van der Waals surface area contributed by atoms with Crippen LogP contribution in [0.1, 0.15) is 53.2 Å². The monoisotopic (exact) mass is 668 g/mol. The van der Waals surface area contributed by atoms with Crippen molar-refractivity contribution in [2.75, 3.05) is 0 Å². The Morgan fingerprint density at radius 2 is 1.20 bits per heavy atom. The van der Waals surface area contributed by atoms with Gasteiger partial charge in [-0.3, -0.25) is 0 Å². The lowest BCUT2D eigenvalue weighted by Gasteiger charge is -2.23. The number of fused-ring (bicyclic) bond motifs is 13. The van der Waals surface area contributed by atoms with Crippen molar-refractivity contribution in [2.45, 2.75) is 38.0 Å². The van der Waals surface area contributed by atoms with Crippen LogP contribution in [0, 0.1) is 0 Å². The fraction of sp³-hybridized carbons (Fsp3) is 0.120. The van der Waals surface area contributed by atoms with Crippen LogP contribution in [0.4, 0.5) is 0 Å². The Morgan fingerprint density at radius 1 is 0.510 bits per heavy atom. The highest BCUT2D eigenvalue weighted by Crippen LogP contribution is 2.44. The van der Waals surface area contributed by atoms with E-state index in [-0.39, 0.29) is 0 Å². The summed E-state index contributed by atoms with van der Waals surface area (Å²) in [6, 6.07) is 50.6. The van der Waals surface area contributed by atoms with Crippen LogP contribution in [0.25, 0.3) is 86.7 Å². The van der Waals surface area contributed by atoms with Gasteiger partial charge in [-0.15, -0.1) is 11.3 Å². The number of aryl methyl sites for hydroxylation is 1. The van der Waals surface area contributed by atoms with Gasteiger partial charge in [0.1, 0.15) is 0 Å². The second-order valence-electron chi connectivity index (χ2n) is 14.6. The Kier molecular flexibility index (Phi) is 6.61. The highest BCUT2D eigenvalue weighted by molar-refractivity contribution is 7.21. The quantitative estimate of drug-likeness (QED) is 0.164. The summed E-state index contributed by atoms with van der Waals surface area (Å²) in [7, 11) is 0. The van der Waals surface area contributed by atoms with Crippen LogP contribution >= 0.6 is 11.3 Å². The van der Waals surface area contributed by atoms with Gasteiger partial charge in [-0.05, 0) is 143 Å². The average Bonchev–Trinajstić information content (AvgIpc) is 3.59. The third kappa shape index (κ3) is 4.65. The second-order valence-corrected chi connectivity index (χ2v) is 15.7. The summed E-state index contributed by atoms with van der Waals surface area (Å²) in [4.78, 5) is 1.45. The number of thiophene rings is 1. The van der Waals surface area contributed by atoms with Crippen molar-refractivity contribution in [1.29, 1.82) is 0 Å². The highest BCUT2D eigenvalue weighted by Gasteiger charge is 2.20. The van der Waals surface area contributed by atoms with Gasteiger partial charge in [0.05, 0.1) is 0 Å². The zero-order chi connectivity index (χ0) is 33.5. The molecule has 0 aliphatic heterocycles. The minimum Gasteiger partial charge on any atom is -0.135 e. The molecule has 1 heteroatoms. The van der Waals surface area contributed by atoms with Crippen LogP contribution in [0.15, 0.2) is 146 Å². The van der Waals surface area contributed by atoms with Crippen molar-refractivity contribution in [3.63, 3.8) is 0 Å². The Bertz CT molecular complexity index is 2920. The number of rotatable bonds is 3. The maximum absolute atomic E-state index is 2.53. The molecule has 0 bridgehead atoms. The van der Waals surface area contributed by atoms with Gasteiger partial charge in [-0.1, -0.05) is 133 Å². The first-order chi connectivity index (χ1) is 25.3. The predicted octanol–water partition coefficient (Wildman–Crippen LogP) is 14.6. The van der Waals surface area contributed by atoms with E-state index in [1.165, 1.54) is 103 Å². The first-order valence-electron chi connectivity index (χ1n) is 18.5. The summed E-state index contributed by atoms with van der Waals surface area (Å²) < 4.78 is 1.46. The normalized spacial score (nSPS) is 16.1. The molecule has 1 atom stereocenters. The molecule has 0 nitrogen and oxygen atoms in total. The predicted molar refractivity (Wildman–Crippen MR) is 223 cm³/mol. The number of allylic oxidation sites excluding steroid dienone is 3. The Balaban J connectivity index is 0.933. The van der Waals surface area contributed by atoms with E-state index in [0.717, 1.165) is 25.7 Å². The molecule has 0 saturated carbocycles. The van der Waals surface area contributed by atoms with Gasteiger partial charge in [0.15, 0.2) is 0 Å². The summed E-state index contributed by atoms with van der Waals surface area (Å²) in [5, 5.41) is 15.0. The van der Waals surface area contributed by atoms with Gasteiger partial charge >= 0.3 is 0 Å². The molecule has 9 aromatic rings. The van der Waals surface area contributed by atoms with Crippen molar-refractivity contribution in [2.24, 2.45) is 0 Å². The van der Waals surface area contributed by atoms with E-state index in [2.05, 4.69) is 152 Å². The molecule has 242 valence electrons. The molecule has 0 spiro atoms. The van der Waals surface area contributed by atoms with Crippen LogP contribution in [0.5, 0.6) is 0 Å². The molecule has 0 N–H and O–H groups in total. The van der Waals surface area contributed by atoms with E-state index < -0.39 is 0 Å². The maximum Gasteiger partial charge on any atom is 0.0436 e. The zero-order valence-electron chi connectivity index (χ0n) is 28.5. The second kappa shape index (κ2) is 11.5. The number of hydrogen-bond acceptors (Lipinski definition) is 1. The topological polar surface area (TPSA) is 0 Å². The lowest BCUT2D eigenvalue weighted by atomic mass is 9.81. The molecule has 8 aromatic carbocycles. The first-order valence-corrected chi connectivity index (χ1v) is 19.3. The Hall–Kier alpha value is -5.50. The SMILES string of the molecule is C1=Cc2sc3c(ccc4ccc5ccc(C6CC=C(c7cccc(-c8ccc9c%10ccccc%10c%10ccccc%10c9c8)c7)CC6)cc5c43)c2CC1. The molecule has 1 unspecified atom stereocenters. The highest BCUT2D eigenvalue weighted by atomic mass is 32.1. The smallest absolute Gasteiger partial charge is 0.0436 e. The molecule has 2 aliphatic carbocycles. The number of hydrogen-bond donors (Lipinski definition) is 0. The van der Waals surface area contributed by atoms with Gasteiger partial charge in [0.2, 0.25) is 0 Å². The van der Waals surface area contributed by atoms with Crippen LogP contribution in [0.3, 0.4) is 0 Å². The molecule has 2 aliphatic rings. The van der Waals surface area contributed by atoms with Gasteiger partial charge in [-0.25, -0.2) is 0 Å². The Labute approximate surface area is 302 Å². The molecule has 0 radical (unpaired) electrons. The van der Waals surface area contributed by atoms with Crippen LogP contribution in [-0.4, -0.2) is 0 Å². The summed E-state index contributed by atoms with van der Waals surface area (Å²) >= 11 is 1.99. The summed E-state index contributed by atoms with van der Waals surface area (Å²) in [6.45, 7) is 0. The van der Waals surface area contributed by atoms with Gasteiger partial charge in [-0.2, -0.15) is 0 Å². The van der Waals surface area contributed by atoms with Gasteiger partial charge in [0, 0.05) is 15.0 Å². The van der Waals surface area contributed by atoms with Crippen molar-refractivity contribution in [3.05, 3.63) is 167 Å². The summed E-state index contributed by atoms with van der Waals surface area (Å²) in [5.74, 6) is 0.541. The standard InChI is InChI=1S/C50H36S/c1-2-12-41-39(10-1)40-11-3-4-13-42(40)47-30-38(25-26-43(41)47)36-9-7-8-35(28-36)31-16-18-32(19-17-31)37-23-21-33-20-22-34-24-27-45-44-14-5-6-15-48(44)51-50(45)49(34)46(33)29-37/h1-4,6-13,15-16,20-30,32H,5,14,17-19H2. The van der Waals surface area contributed by atoms with Crippen LogP contribution < -0.4 is 0 Å².